The molecule has 0 unspecified atom stereocenters. The molecule has 0 saturated carbocycles. The number of thiophene rings is 1. The van der Waals surface area contributed by atoms with E-state index in [0.29, 0.717) is 20.5 Å². The zero-order valence-corrected chi connectivity index (χ0v) is 16.5. The number of halogens is 3. The van der Waals surface area contributed by atoms with Crippen LogP contribution in [0.5, 0.6) is 0 Å². The van der Waals surface area contributed by atoms with Gasteiger partial charge in [0.1, 0.15) is 0 Å². The van der Waals surface area contributed by atoms with Gasteiger partial charge in [-0.15, -0.1) is 11.3 Å². The van der Waals surface area contributed by atoms with Crippen molar-refractivity contribution < 1.29 is 4.79 Å². The molecule has 1 N–H and O–H groups in total. The number of ketones is 1. The van der Waals surface area contributed by atoms with Crippen LogP contribution in [-0.2, 0) is 0 Å². The van der Waals surface area contributed by atoms with Crippen molar-refractivity contribution in [2.45, 2.75) is 6.92 Å². The van der Waals surface area contributed by atoms with Crippen LogP contribution in [0.3, 0.4) is 0 Å². The number of benzene rings is 2. The summed E-state index contributed by atoms with van der Waals surface area (Å²) in [5.74, 6) is -0.162. The van der Waals surface area contributed by atoms with E-state index in [1.165, 1.54) is 11.3 Å². The lowest BCUT2D eigenvalue weighted by molar-refractivity contribution is 0.104. The number of anilines is 2. The van der Waals surface area contributed by atoms with Gasteiger partial charge < -0.3 is 5.32 Å². The summed E-state index contributed by atoms with van der Waals surface area (Å²) in [6, 6.07) is 13.0. The van der Waals surface area contributed by atoms with Gasteiger partial charge in [0.15, 0.2) is 0 Å². The Kier molecular flexibility index (Phi) is 5.30. The van der Waals surface area contributed by atoms with Gasteiger partial charge in [0.2, 0.25) is 5.78 Å². The highest BCUT2D eigenvalue weighted by Crippen LogP contribution is 2.31. The lowest BCUT2D eigenvalue weighted by atomic mass is 10.1. The minimum Gasteiger partial charge on any atom is -0.355 e. The van der Waals surface area contributed by atoms with Crippen molar-refractivity contribution in [2.75, 3.05) is 5.32 Å². The smallest absolute Gasteiger partial charge is 0.205 e. The van der Waals surface area contributed by atoms with Crippen molar-refractivity contribution in [3.8, 4) is 0 Å². The van der Waals surface area contributed by atoms with Gasteiger partial charge in [-0.25, -0.2) is 0 Å². The molecule has 3 aromatic rings. The molecule has 2 aromatic carbocycles. The van der Waals surface area contributed by atoms with E-state index < -0.39 is 0 Å². The minimum absolute atomic E-state index is 0.162. The Balaban J connectivity index is 1.89. The number of rotatable bonds is 4. The van der Waals surface area contributed by atoms with Gasteiger partial charge in [-0.05, 0) is 54.3 Å². The van der Waals surface area contributed by atoms with E-state index in [1.54, 1.807) is 23.6 Å². The van der Waals surface area contributed by atoms with Gasteiger partial charge in [0.25, 0.3) is 0 Å². The normalized spacial score (nSPS) is 10.7. The maximum absolute atomic E-state index is 12.5. The van der Waals surface area contributed by atoms with Crippen LogP contribution in [0.2, 0.25) is 10.0 Å². The molecule has 1 aromatic heterocycles. The van der Waals surface area contributed by atoms with Crippen LogP contribution >= 0.6 is 50.5 Å². The molecule has 6 heteroatoms. The highest BCUT2D eigenvalue weighted by Gasteiger charge is 2.17. The molecular formula is C18H12BrCl2NOS. The lowest BCUT2D eigenvalue weighted by Gasteiger charge is -2.12. The lowest BCUT2D eigenvalue weighted by Crippen LogP contribution is -2.01. The van der Waals surface area contributed by atoms with E-state index in [9.17, 15) is 4.79 Å². The number of hydrogen-bond donors (Lipinski definition) is 1. The molecule has 0 aliphatic carbocycles. The van der Waals surface area contributed by atoms with E-state index in [4.69, 9.17) is 23.2 Å². The van der Waals surface area contributed by atoms with Crippen LogP contribution in [0, 0.1) is 6.92 Å². The first-order chi connectivity index (χ1) is 11.5. The number of nitrogens with one attached hydrogen (secondary N) is 1. The molecule has 0 saturated heterocycles. The van der Waals surface area contributed by atoms with Gasteiger partial charge in [0, 0.05) is 21.4 Å². The molecule has 24 heavy (non-hydrogen) atoms. The Labute approximate surface area is 162 Å². The molecule has 0 aliphatic heterocycles. The standard InChI is InChI=1S/C18H12BrCl2NOS/c1-10-2-3-11(19)8-16(10)22-12-4-5-13(15(21)9-12)17(23)18-14(20)6-7-24-18/h2-9,22H,1H3. The van der Waals surface area contributed by atoms with E-state index in [2.05, 4.69) is 21.2 Å². The van der Waals surface area contributed by atoms with Gasteiger partial charge in [-0.1, -0.05) is 45.2 Å². The predicted molar refractivity (Wildman–Crippen MR) is 106 cm³/mol. The Morgan fingerprint density at radius 1 is 1.08 bits per heavy atom. The maximum atomic E-state index is 12.5. The summed E-state index contributed by atoms with van der Waals surface area (Å²) in [6.07, 6.45) is 0. The third-order valence-electron chi connectivity index (χ3n) is 3.52. The number of carbonyl (C=O) groups is 1. The van der Waals surface area contributed by atoms with E-state index in [1.807, 2.05) is 31.2 Å². The highest BCUT2D eigenvalue weighted by atomic mass is 79.9. The Bertz CT molecular complexity index is 923. The Morgan fingerprint density at radius 3 is 2.54 bits per heavy atom. The zero-order valence-electron chi connectivity index (χ0n) is 12.6. The molecule has 2 nitrogen and oxygen atoms in total. The fraction of sp³-hybridized carbons (Fsp3) is 0.0556. The SMILES string of the molecule is Cc1ccc(Br)cc1Nc1ccc(C(=O)c2sccc2Cl)c(Cl)c1. The van der Waals surface area contributed by atoms with Crippen LogP contribution in [0.4, 0.5) is 11.4 Å². The van der Waals surface area contributed by atoms with E-state index >= 15 is 0 Å². The zero-order chi connectivity index (χ0) is 17.3. The number of hydrogen-bond acceptors (Lipinski definition) is 3. The van der Waals surface area contributed by atoms with Crippen LogP contribution in [-0.4, -0.2) is 5.78 Å². The van der Waals surface area contributed by atoms with E-state index in [0.717, 1.165) is 21.4 Å². The predicted octanol–water partition coefficient (Wildman–Crippen LogP) is 7.10. The fourth-order valence-corrected chi connectivity index (χ4v) is 3.96. The average Bonchev–Trinajstić information content (AvgIpc) is 2.96. The van der Waals surface area contributed by atoms with Crippen molar-refractivity contribution in [2.24, 2.45) is 0 Å². The monoisotopic (exact) mass is 439 g/mol. The molecule has 0 aliphatic rings. The van der Waals surface area contributed by atoms with Crippen molar-refractivity contribution in [3.63, 3.8) is 0 Å². The first kappa shape index (κ1) is 17.5. The van der Waals surface area contributed by atoms with Crippen LogP contribution < -0.4 is 5.32 Å². The third-order valence-corrected chi connectivity index (χ3v) is 5.66. The number of carbonyl (C=O) groups excluding carboxylic acids is 1. The topological polar surface area (TPSA) is 29.1 Å². The van der Waals surface area contributed by atoms with Gasteiger partial charge in [-0.2, -0.15) is 0 Å². The summed E-state index contributed by atoms with van der Waals surface area (Å²) in [5.41, 5.74) is 3.34. The summed E-state index contributed by atoms with van der Waals surface area (Å²) >= 11 is 17.1. The van der Waals surface area contributed by atoms with Crippen molar-refractivity contribution in [1.82, 2.24) is 0 Å². The molecule has 3 rings (SSSR count). The highest BCUT2D eigenvalue weighted by molar-refractivity contribution is 9.10. The van der Waals surface area contributed by atoms with Crippen LogP contribution in [0.1, 0.15) is 20.8 Å². The quantitative estimate of drug-likeness (QED) is 0.438. The first-order valence-corrected chi connectivity index (χ1v) is 9.49. The molecule has 0 fully saturated rings. The molecule has 0 radical (unpaired) electrons. The summed E-state index contributed by atoms with van der Waals surface area (Å²) in [6.45, 7) is 2.02. The summed E-state index contributed by atoms with van der Waals surface area (Å²) < 4.78 is 0.987. The van der Waals surface area contributed by atoms with Gasteiger partial charge in [0.05, 0.1) is 14.9 Å². The van der Waals surface area contributed by atoms with Gasteiger partial charge >= 0.3 is 0 Å². The van der Waals surface area contributed by atoms with Crippen LogP contribution in [0.25, 0.3) is 0 Å². The first-order valence-electron chi connectivity index (χ1n) is 7.06. The Hall–Kier alpha value is -1.33. The number of aryl methyl sites for hydroxylation is 1. The molecule has 0 atom stereocenters. The molecular weight excluding hydrogens is 429 g/mol. The summed E-state index contributed by atoms with van der Waals surface area (Å²) in [5, 5.41) is 5.95. The maximum Gasteiger partial charge on any atom is 0.205 e. The third kappa shape index (κ3) is 3.67. The van der Waals surface area contributed by atoms with Crippen molar-refractivity contribution in [3.05, 3.63) is 78.4 Å². The second-order valence-corrected chi connectivity index (χ2v) is 7.85. The Morgan fingerprint density at radius 2 is 1.88 bits per heavy atom. The summed E-state index contributed by atoms with van der Waals surface area (Å²) in [7, 11) is 0. The van der Waals surface area contributed by atoms with E-state index in [-0.39, 0.29) is 5.78 Å². The van der Waals surface area contributed by atoms with Crippen molar-refractivity contribution >= 4 is 67.6 Å². The summed E-state index contributed by atoms with van der Waals surface area (Å²) in [4.78, 5) is 13.0. The second kappa shape index (κ2) is 7.28. The molecule has 0 bridgehead atoms. The molecule has 1 heterocycles. The second-order valence-electron chi connectivity index (χ2n) is 5.21. The van der Waals surface area contributed by atoms with Crippen molar-refractivity contribution in [1.29, 1.82) is 0 Å². The average molecular weight is 441 g/mol. The minimum atomic E-state index is -0.162. The molecule has 0 spiro atoms. The molecule has 0 amide bonds. The van der Waals surface area contributed by atoms with Gasteiger partial charge in [-0.3, -0.25) is 4.79 Å². The van der Waals surface area contributed by atoms with Crippen LogP contribution in [0.15, 0.2) is 52.3 Å². The largest absolute Gasteiger partial charge is 0.355 e. The fourth-order valence-electron chi connectivity index (χ4n) is 2.24. The molecule has 122 valence electrons.